The van der Waals surface area contributed by atoms with Gasteiger partial charge in [-0.05, 0) is 72.4 Å². The third-order valence-electron chi connectivity index (χ3n) is 7.85. The van der Waals surface area contributed by atoms with Gasteiger partial charge in [0.2, 0.25) is 4.77 Å². The zero-order valence-electron chi connectivity index (χ0n) is 24.2. The molecule has 0 radical (unpaired) electrons. The fourth-order valence-corrected chi connectivity index (χ4v) is 9.93. The van der Waals surface area contributed by atoms with E-state index in [1.54, 1.807) is 45.8 Å². The van der Waals surface area contributed by atoms with Crippen molar-refractivity contribution in [2.45, 2.75) is 61.2 Å². The lowest BCUT2D eigenvalue weighted by molar-refractivity contribution is 0.373. The summed E-state index contributed by atoms with van der Waals surface area (Å²) >= 11 is 13.1. The van der Waals surface area contributed by atoms with Crippen LogP contribution in [0, 0.1) is 27.7 Å². The van der Waals surface area contributed by atoms with Gasteiger partial charge in [0.05, 0.1) is 12.6 Å². The van der Waals surface area contributed by atoms with Crippen LogP contribution in [0.15, 0.2) is 89.4 Å². The number of hydrogen-bond acceptors (Lipinski definition) is 6. The number of hydrogen-bond donors (Lipinski definition) is 1. The molecular weight excluding hydrogens is 636 g/mol. The molecule has 5 aromatic rings. The van der Waals surface area contributed by atoms with Crippen LogP contribution in [0.4, 0.5) is 8.78 Å². The number of nitrogens with one attached hydrogen (secondary N) is 1. The molecule has 7 nitrogen and oxygen atoms in total. The fraction of sp³-hybridized carbons (Fsp3) is 0.258. The second-order valence-corrected chi connectivity index (χ2v) is 16.7. The second-order valence-electron chi connectivity index (χ2n) is 10.9. The van der Waals surface area contributed by atoms with Crippen LogP contribution in [-0.4, -0.2) is 37.6 Å². The molecule has 0 aliphatic rings. The number of aromatic nitrogens is 6. The van der Waals surface area contributed by atoms with Gasteiger partial charge in [0.15, 0.2) is 10.3 Å². The van der Waals surface area contributed by atoms with Crippen LogP contribution < -0.4 is 10.4 Å². The minimum atomic E-state index is -2.58. The van der Waals surface area contributed by atoms with E-state index in [4.69, 9.17) is 23.8 Å². The smallest absolute Gasteiger partial charge is 0.216 e. The third kappa shape index (κ3) is 6.86. The van der Waals surface area contributed by atoms with Gasteiger partial charge in [0.1, 0.15) is 31.5 Å². The van der Waals surface area contributed by atoms with E-state index >= 15 is 0 Å². The van der Waals surface area contributed by atoms with Crippen LogP contribution in [0.3, 0.4) is 0 Å². The Kier molecular flexibility index (Phi) is 9.80. The molecule has 0 spiro atoms. The van der Waals surface area contributed by atoms with E-state index in [0.29, 0.717) is 39.2 Å². The van der Waals surface area contributed by atoms with E-state index in [0.717, 1.165) is 28.8 Å². The molecule has 1 unspecified atom stereocenters. The highest BCUT2D eigenvalue weighted by molar-refractivity contribution is 7.99. The SMILES string of the molecule is CCCCC(C#N)(Cn1ncnc1Sc1nc(=S)n(C[Si](C)(c2ccc(F)cc2)c2ccc(F)cc2)[nH]1)c1ccc(Cl)cc1. The maximum atomic E-state index is 13.8. The van der Waals surface area contributed by atoms with Gasteiger partial charge in [-0.1, -0.05) is 84.7 Å². The predicted molar refractivity (Wildman–Crippen MR) is 174 cm³/mol. The average molecular weight is 666 g/mol. The number of aromatic amines is 1. The molecule has 0 aliphatic carbocycles. The Morgan fingerprint density at radius 1 is 1.02 bits per heavy atom. The quantitative estimate of drug-likeness (QED) is 0.118. The lowest BCUT2D eigenvalue weighted by atomic mass is 9.77. The molecule has 0 saturated carbocycles. The van der Waals surface area contributed by atoms with Crippen molar-refractivity contribution < 1.29 is 8.78 Å². The maximum absolute atomic E-state index is 13.8. The molecule has 2 aromatic heterocycles. The number of benzene rings is 3. The summed E-state index contributed by atoms with van der Waals surface area (Å²) in [4.78, 5) is 9.05. The summed E-state index contributed by atoms with van der Waals surface area (Å²) < 4.78 is 31.5. The number of unbranched alkanes of at least 4 members (excludes halogenated alkanes) is 1. The first kappa shape index (κ1) is 31.8. The number of nitriles is 1. The fourth-order valence-electron chi connectivity index (χ4n) is 5.29. The maximum Gasteiger partial charge on any atom is 0.216 e. The summed E-state index contributed by atoms with van der Waals surface area (Å²) in [6.07, 6.45) is 4.40. The lowest BCUT2D eigenvalue weighted by Crippen LogP contribution is -2.59. The molecule has 0 fully saturated rings. The van der Waals surface area contributed by atoms with Crippen molar-refractivity contribution in [2.24, 2.45) is 0 Å². The highest BCUT2D eigenvalue weighted by atomic mass is 35.5. The molecule has 5 rings (SSSR count). The monoisotopic (exact) mass is 665 g/mol. The first-order valence-corrected chi connectivity index (χ1v) is 18.4. The Hall–Kier alpha value is -3.63. The molecule has 0 saturated heterocycles. The predicted octanol–water partition coefficient (Wildman–Crippen LogP) is 6.70. The first-order valence-electron chi connectivity index (χ1n) is 14.1. The van der Waals surface area contributed by atoms with E-state index in [1.807, 2.05) is 12.1 Å². The summed E-state index contributed by atoms with van der Waals surface area (Å²) in [6, 6.07) is 22.8. The molecule has 3 aromatic carbocycles. The molecule has 1 atom stereocenters. The third-order valence-corrected chi connectivity index (χ3v) is 13.5. The molecule has 226 valence electrons. The highest BCUT2D eigenvalue weighted by Gasteiger charge is 2.35. The number of H-pyrrole nitrogens is 1. The number of rotatable bonds is 12. The standard InChI is InChI=1S/C31H30ClF2N7S2Si/c1-3-4-17-31(18-35,22-5-7-23(32)8-6-22)19-40-30(36-20-37-40)43-28-38-29(42)41(39-28)21-44(2,26-13-9-24(33)10-14-26)27-15-11-25(34)12-16-27/h5-16,20H,3-4,17,19,21H2,1-2H3,(H,38,39,42). The van der Waals surface area contributed by atoms with Crippen molar-refractivity contribution in [2.75, 3.05) is 0 Å². The van der Waals surface area contributed by atoms with E-state index in [9.17, 15) is 14.0 Å². The van der Waals surface area contributed by atoms with Crippen LogP contribution in [0.1, 0.15) is 31.7 Å². The van der Waals surface area contributed by atoms with Crippen molar-refractivity contribution in [3.63, 3.8) is 0 Å². The van der Waals surface area contributed by atoms with Gasteiger partial charge in [0, 0.05) is 11.2 Å². The van der Waals surface area contributed by atoms with E-state index < -0.39 is 13.5 Å². The molecule has 0 aliphatic heterocycles. The summed E-state index contributed by atoms with van der Waals surface area (Å²) in [5, 5.41) is 21.8. The summed E-state index contributed by atoms with van der Waals surface area (Å²) in [6.45, 7) is 4.53. The average Bonchev–Trinajstić information content (AvgIpc) is 3.60. The van der Waals surface area contributed by atoms with Gasteiger partial charge in [-0.25, -0.2) is 18.4 Å². The highest BCUT2D eigenvalue weighted by Crippen LogP contribution is 2.34. The van der Waals surface area contributed by atoms with Gasteiger partial charge in [-0.15, -0.1) is 0 Å². The topological polar surface area (TPSA) is 88.1 Å². The van der Waals surface area contributed by atoms with E-state index in [2.05, 4.69) is 39.7 Å². The summed E-state index contributed by atoms with van der Waals surface area (Å²) in [5.74, 6) is -0.646. The Morgan fingerprint density at radius 2 is 1.64 bits per heavy atom. The van der Waals surface area contributed by atoms with Crippen molar-refractivity contribution in [3.8, 4) is 6.07 Å². The van der Waals surface area contributed by atoms with Crippen LogP contribution in [0.5, 0.6) is 0 Å². The van der Waals surface area contributed by atoms with Crippen molar-refractivity contribution >= 4 is 54.0 Å². The van der Waals surface area contributed by atoms with Crippen LogP contribution >= 0.6 is 35.6 Å². The molecule has 2 heterocycles. The summed E-state index contributed by atoms with van der Waals surface area (Å²) in [7, 11) is -2.58. The summed E-state index contributed by atoms with van der Waals surface area (Å²) in [5.41, 5.74) is 0.0481. The van der Waals surface area contributed by atoms with Gasteiger partial charge in [-0.2, -0.15) is 15.3 Å². The number of nitrogens with zero attached hydrogens (tertiary/aromatic N) is 6. The zero-order chi connectivity index (χ0) is 31.3. The van der Waals surface area contributed by atoms with Gasteiger partial charge < -0.3 is 0 Å². The minimum Gasteiger partial charge on any atom is -0.274 e. The zero-order valence-corrected chi connectivity index (χ0v) is 27.6. The first-order chi connectivity index (χ1) is 21.2. The molecule has 0 bridgehead atoms. The molecule has 44 heavy (non-hydrogen) atoms. The Balaban J connectivity index is 1.44. The second kappa shape index (κ2) is 13.6. The van der Waals surface area contributed by atoms with E-state index in [1.165, 1.54) is 42.4 Å². The molecule has 0 amide bonds. The van der Waals surface area contributed by atoms with Crippen LogP contribution in [-0.2, 0) is 18.1 Å². The Morgan fingerprint density at radius 3 is 2.20 bits per heavy atom. The normalized spacial score (nSPS) is 13.0. The molecule has 1 N–H and O–H groups in total. The Labute approximate surface area is 269 Å². The van der Waals surface area contributed by atoms with Gasteiger partial charge in [0.25, 0.3) is 0 Å². The molecule has 13 heteroatoms. The van der Waals surface area contributed by atoms with Crippen molar-refractivity contribution in [1.29, 1.82) is 5.26 Å². The lowest BCUT2D eigenvalue weighted by Gasteiger charge is -2.29. The van der Waals surface area contributed by atoms with Crippen LogP contribution in [0.2, 0.25) is 11.6 Å². The van der Waals surface area contributed by atoms with E-state index in [-0.39, 0.29) is 11.6 Å². The van der Waals surface area contributed by atoms with Gasteiger partial charge >= 0.3 is 0 Å². The van der Waals surface area contributed by atoms with Crippen molar-refractivity contribution in [3.05, 3.63) is 106 Å². The van der Waals surface area contributed by atoms with Crippen molar-refractivity contribution in [1.82, 2.24) is 29.5 Å². The molecular formula is C31H30ClF2N7S2Si. The minimum absolute atomic E-state index is 0.301. The van der Waals surface area contributed by atoms with Gasteiger partial charge in [-0.3, -0.25) is 9.78 Å². The van der Waals surface area contributed by atoms with Crippen LogP contribution in [0.25, 0.3) is 0 Å². The Bertz CT molecular complexity index is 1770. The number of halogens is 3. The largest absolute Gasteiger partial charge is 0.274 e.